The Bertz CT molecular complexity index is 1390. The van der Waals surface area contributed by atoms with Crippen molar-refractivity contribution in [2.75, 3.05) is 13.2 Å². The van der Waals surface area contributed by atoms with E-state index in [1.807, 2.05) is 60.7 Å². The highest BCUT2D eigenvalue weighted by molar-refractivity contribution is 7.23. The summed E-state index contributed by atoms with van der Waals surface area (Å²) in [5, 5.41) is 9.53. The van der Waals surface area contributed by atoms with Gasteiger partial charge in [-0.25, -0.2) is 4.98 Å². The normalized spacial score (nSPS) is 11.3. The topological polar surface area (TPSA) is 63.8 Å². The maximum atomic E-state index is 11.3. The van der Waals surface area contributed by atoms with Gasteiger partial charge in [0.2, 0.25) is 0 Å². The molecule has 5 nitrogen and oxygen atoms in total. The summed E-state index contributed by atoms with van der Waals surface area (Å²) in [6.45, 7) is -0.681. The number of aromatic nitrogens is 2. The van der Waals surface area contributed by atoms with Gasteiger partial charge in [0, 0.05) is 16.1 Å². The molecule has 0 saturated carbocycles. The van der Waals surface area contributed by atoms with E-state index in [0.29, 0.717) is 10.8 Å². The number of aliphatic hydroxyl groups excluding tert-OH is 1. The zero-order valence-corrected chi connectivity index (χ0v) is 17.9. The molecule has 3 aromatic carbocycles. The number of fused-ring (bicyclic) bond motifs is 3. The van der Waals surface area contributed by atoms with Crippen molar-refractivity contribution in [3.63, 3.8) is 0 Å². The van der Waals surface area contributed by atoms with E-state index in [4.69, 9.17) is 26.4 Å². The molecule has 5 aromatic rings. The number of benzene rings is 3. The average molecular weight is 449 g/mol. The molecule has 0 amide bonds. The number of Topliss-reactive ketones (excluding diaryl/α,β-unsaturated/α-hetero) is 1. The molecule has 2 aromatic heterocycles. The Hall–Kier alpha value is -3.19. The minimum absolute atomic E-state index is 0.155. The number of hydrogen-bond acceptors (Lipinski definition) is 5. The maximum absolute atomic E-state index is 11.3. The van der Waals surface area contributed by atoms with Gasteiger partial charge in [-0.1, -0.05) is 47.2 Å². The number of rotatable bonds is 6. The van der Waals surface area contributed by atoms with Crippen LogP contribution >= 0.6 is 22.9 Å². The van der Waals surface area contributed by atoms with Crippen LogP contribution in [0.4, 0.5) is 0 Å². The molecule has 0 radical (unpaired) electrons. The van der Waals surface area contributed by atoms with Crippen LogP contribution in [0.3, 0.4) is 0 Å². The van der Waals surface area contributed by atoms with Gasteiger partial charge in [-0.15, -0.1) is 0 Å². The molecule has 0 aliphatic carbocycles. The summed E-state index contributed by atoms with van der Waals surface area (Å²) in [6, 6.07) is 23.4. The lowest BCUT2D eigenvalue weighted by Crippen LogP contribution is -2.14. The fraction of sp³-hybridized carbons (Fsp3) is 0.0833. The van der Waals surface area contributed by atoms with Crippen LogP contribution in [0.5, 0.6) is 5.75 Å². The SMILES string of the molecule is O=C(CO)COc1ccc(-c2c(-c3ccc(Cl)cc3)nc3sc4ccccc4n23)cc1. The van der Waals surface area contributed by atoms with E-state index < -0.39 is 6.61 Å². The highest BCUT2D eigenvalue weighted by atomic mass is 35.5. The number of carbonyl (C=O) groups excluding carboxylic acids is 1. The summed E-state index contributed by atoms with van der Waals surface area (Å²) in [4.78, 5) is 17.2. The van der Waals surface area contributed by atoms with E-state index in [1.165, 1.54) is 0 Å². The fourth-order valence-corrected chi connectivity index (χ4v) is 4.66. The first-order valence-corrected chi connectivity index (χ1v) is 10.9. The van der Waals surface area contributed by atoms with Crippen molar-refractivity contribution in [2.24, 2.45) is 0 Å². The molecule has 154 valence electrons. The van der Waals surface area contributed by atoms with Crippen molar-refractivity contribution in [1.29, 1.82) is 0 Å². The lowest BCUT2D eigenvalue weighted by molar-refractivity contribution is -0.123. The first kappa shape index (κ1) is 19.8. The highest BCUT2D eigenvalue weighted by Crippen LogP contribution is 2.39. The molecule has 0 unspecified atom stereocenters. The molecule has 0 aliphatic heterocycles. The number of ketones is 1. The van der Waals surface area contributed by atoms with E-state index in [9.17, 15) is 4.79 Å². The fourth-order valence-electron chi connectivity index (χ4n) is 3.51. The molecule has 0 bridgehead atoms. The maximum Gasteiger partial charge on any atom is 0.195 e. The van der Waals surface area contributed by atoms with Gasteiger partial charge >= 0.3 is 0 Å². The number of hydrogen-bond donors (Lipinski definition) is 1. The molecule has 0 atom stereocenters. The Balaban J connectivity index is 1.65. The van der Waals surface area contributed by atoms with E-state index >= 15 is 0 Å². The molecule has 5 rings (SSSR count). The first-order valence-electron chi connectivity index (χ1n) is 9.66. The zero-order chi connectivity index (χ0) is 21.4. The smallest absolute Gasteiger partial charge is 0.195 e. The third kappa shape index (κ3) is 3.70. The largest absolute Gasteiger partial charge is 0.486 e. The van der Waals surface area contributed by atoms with Gasteiger partial charge in [0.25, 0.3) is 0 Å². The van der Waals surface area contributed by atoms with Gasteiger partial charge in [0.05, 0.1) is 21.6 Å². The summed E-state index contributed by atoms with van der Waals surface area (Å²) in [6.07, 6.45) is 0. The average Bonchev–Trinajstić information content (AvgIpc) is 3.34. The Labute approximate surface area is 187 Å². The molecule has 2 heterocycles. The van der Waals surface area contributed by atoms with Crippen LogP contribution in [0, 0.1) is 0 Å². The Morgan fingerprint density at radius 2 is 1.71 bits per heavy atom. The first-order chi connectivity index (χ1) is 15.1. The van der Waals surface area contributed by atoms with Gasteiger partial charge in [-0.2, -0.15) is 0 Å². The van der Waals surface area contributed by atoms with Crippen molar-refractivity contribution in [2.45, 2.75) is 0 Å². The molecule has 0 aliphatic rings. The summed E-state index contributed by atoms with van der Waals surface area (Å²) >= 11 is 7.74. The summed E-state index contributed by atoms with van der Waals surface area (Å²) < 4.78 is 8.80. The third-order valence-electron chi connectivity index (χ3n) is 4.98. The number of halogens is 1. The van der Waals surface area contributed by atoms with Crippen LogP contribution in [-0.2, 0) is 4.79 Å². The second kappa shape index (κ2) is 8.15. The predicted molar refractivity (Wildman–Crippen MR) is 124 cm³/mol. The Morgan fingerprint density at radius 1 is 1.00 bits per heavy atom. The third-order valence-corrected chi connectivity index (χ3v) is 6.25. The van der Waals surface area contributed by atoms with Crippen LogP contribution in [0.15, 0.2) is 72.8 Å². The van der Waals surface area contributed by atoms with Gasteiger partial charge < -0.3 is 9.84 Å². The van der Waals surface area contributed by atoms with Crippen molar-refractivity contribution < 1.29 is 14.6 Å². The number of para-hydroxylation sites is 1. The molecule has 0 saturated heterocycles. The van der Waals surface area contributed by atoms with Crippen molar-refractivity contribution in [3.8, 4) is 28.3 Å². The van der Waals surface area contributed by atoms with Crippen LogP contribution in [0.2, 0.25) is 5.02 Å². The molecule has 0 spiro atoms. The molecule has 7 heteroatoms. The quantitative estimate of drug-likeness (QED) is 0.373. The van der Waals surface area contributed by atoms with Crippen LogP contribution in [0.1, 0.15) is 0 Å². The minimum Gasteiger partial charge on any atom is -0.486 e. The summed E-state index contributed by atoms with van der Waals surface area (Å²) in [7, 11) is 0. The van der Waals surface area contributed by atoms with Gasteiger partial charge in [-0.05, 0) is 48.5 Å². The lowest BCUT2D eigenvalue weighted by Gasteiger charge is -2.09. The minimum atomic E-state index is -0.526. The van der Waals surface area contributed by atoms with Gasteiger partial charge in [0.1, 0.15) is 19.0 Å². The predicted octanol–water partition coefficient (Wildman–Crippen LogP) is 5.48. The van der Waals surface area contributed by atoms with Gasteiger partial charge in [-0.3, -0.25) is 9.20 Å². The molecular formula is C24H17ClN2O3S. The Morgan fingerprint density at radius 3 is 2.45 bits per heavy atom. The number of ether oxygens (including phenoxy) is 1. The number of thiazole rings is 1. The molecule has 0 fully saturated rings. The molecular weight excluding hydrogens is 432 g/mol. The van der Waals surface area contributed by atoms with Crippen LogP contribution < -0.4 is 4.74 Å². The van der Waals surface area contributed by atoms with Crippen molar-refractivity contribution in [3.05, 3.63) is 77.8 Å². The number of aliphatic hydroxyl groups is 1. The highest BCUT2D eigenvalue weighted by Gasteiger charge is 2.19. The standard InChI is InChI=1S/C24H17ClN2O3S/c25-17-9-5-15(6-10-17)22-23(16-7-11-19(12-8-16)30-14-18(29)13-28)27-20-3-1-2-4-21(20)31-24(27)26-22/h1-12,28H,13-14H2. The van der Waals surface area contributed by atoms with Gasteiger partial charge in [0.15, 0.2) is 10.7 Å². The second-order valence-corrected chi connectivity index (χ2v) is 8.46. The Kier molecular flexibility index (Phi) is 5.19. The molecule has 31 heavy (non-hydrogen) atoms. The van der Waals surface area contributed by atoms with E-state index in [2.05, 4.69) is 16.5 Å². The molecule has 1 N–H and O–H groups in total. The van der Waals surface area contributed by atoms with Crippen LogP contribution in [-0.4, -0.2) is 33.5 Å². The van der Waals surface area contributed by atoms with E-state index in [1.54, 1.807) is 11.3 Å². The summed E-state index contributed by atoms with van der Waals surface area (Å²) in [5.41, 5.74) is 4.90. The number of carbonyl (C=O) groups is 1. The number of imidazole rings is 1. The second-order valence-electron chi connectivity index (χ2n) is 7.01. The lowest BCUT2D eigenvalue weighted by atomic mass is 10.0. The van der Waals surface area contributed by atoms with E-state index in [-0.39, 0.29) is 12.4 Å². The number of nitrogens with zero attached hydrogens (tertiary/aromatic N) is 2. The van der Waals surface area contributed by atoms with E-state index in [0.717, 1.165) is 37.7 Å². The summed E-state index contributed by atoms with van der Waals surface area (Å²) in [5.74, 6) is 0.200. The van der Waals surface area contributed by atoms with Crippen molar-refractivity contribution in [1.82, 2.24) is 9.38 Å². The monoisotopic (exact) mass is 448 g/mol. The zero-order valence-electron chi connectivity index (χ0n) is 16.3. The van der Waals surface area contributed by atoms with Crippen LogP contribution in [0.25, 0.3) is 37.7 Å². The van der Waals surface area contributed by atoms with Crippen molar-refractivity contribution >= 4 is 43.9 Å².